The molecule has 6 heteroatoms. The van der Waals surface area contributed by atoms with Crippen LogP contribution < -0.4 is 0 Å². The summed E-state index contributed by atoms with van der Waals surface area (Å²) in [5.41, 5.74) is -2.49. The van der Waals surface area contributed by atoms with Crippen LogP contribution in [0.1, 0.15) is 25.0 Å². The second kappa shape index (κ2) is 4.10. The number of aliphatic hydroxyl groups is 1. The van der Waals surface area contributed by atoms with Crippen molar-refractivity contribution < 1.29 is 28.5 Å². The zero-order chi connectivity index (χ0) is 13.4. The average Bonchev–Trinajstić information content (AvgIpc) is 2.19. The quantitative estimate of drug-likeness (QED) is 0.706. The van der Waals surface area contributed by atoms with Crippen LogP contribution in [0.2, 0.25) is 0 Å². The van der Waals surface area contributed by atoms with E-state index in [1.54, 1.807) is 0 Å². The van der Waals surface area contributed by atoms with Crippen molar-refractivity contribution in [2.24, 2.45) is 0 Å². The molecule has 0 bridgehead atoms. The van der Waals surface area contributed by atoms with E-state index in [4.69, 9.17) is 10.2 Å². The minimum absolute atomic E-state index is 0.261. The lowest BCUT2D eigenvalue weighted by atomic mass is 9.82. The summed E-state index contributed by atoms with van der Waals surface area (Å²) in [6, 6.07) is 1.29. The van der Waals surface area contributed by atoms with Gasteiger partial charge in [0.15, 0.2) is 11.5 Å². The van der Waals surface area contributed by atoms with E-state index in [0.29, 0.717) is 6.07 Å². The first-order valence-corrected chi connectivity index (χ1v) is 4.84. The maximum Gasteiger partial charge on any atom is 0.416 e. The predicted molar refractivity (Wildman–Crippen MR) is 54.9 cm³/mol. The van der Waals surface area contributed by atoms with E-state index in [1.807, 2.05) is 0 Å². The third kappa shape index (κ3) is 2.63. The van der Waals surface area contributed by atoms with Crippen LogP contribution >= 0.6 is 0 Å². The Balaban J connectivity index is 3.53. The van der Waals surface area contributed by atoms with E-state index in [-0.39, 0.29) is 5.56 Å². The molecule has 0 saturated heterocycles. The Bertz CT molecular complexity index is 425. The molecular weight excluding hydrogens is 237 g/mol. The first-order valence-electron chi connectivity index (χ1n) is 4.84. The molecule has 0 aliphatic carbocycles. The molecule has 0 fully saturated rings. The van der Waals surface area contributed by atoms with Gasteiger partial charge >= 0.3 is 6.18 Å². The lowest BCUT2D eigenvalue weighted by molar-refractivity contribution is -0.139. The highest BCUT2D eigenvalue weighted by molar-refractivity contribution is 5.49. The van der Waals surface area contributed by atoms with Crippen LogP contribution in [0.3, 0.4) is 0 Å². The van der Waals surface area contributed by atoms with Crippen molar-refractivity contribution in [3.8, 4) is 11.5 Å². The van der Waals surface area contributed by atoms with Crippen LogP contribution in [0, 0.1) is 0 Å². The Morgan fingerprint density at radius 1 is 1.00 bits per heavy atom. The fourth-order valence-corrected chi connectivity index (χ4v) is 1.46. The number of alkyl halides is 3. The minimum Gasteiger partial charge on any atom is -0.504 e. The summed E-state index contributed by atoms with van der Waals surface area (Å²) < 4.78 is 38.3. The Labute approximate surface area is 96.1 Å². The van der Waals surface area contributed by atoms with Crippen molar-refractivity contribution in [1.29, 1.82) is 0 Å². The number of aliphatic hydroxyl groups excluding tert-OH is 1. The molecule has 0 aliphatic heterocycles. The summed E-state index contributed by atoms with van der Waals surface area (Å²) >= 11 is 0. The predicted octanol–water partition coefficient (Wildman–Crippen LogP) is 2.39. The second-order valence-corrected chi connectivity index (χ2v) is 4.43. The maximum atomic E-state index is 12.8. The number of halogens is 3. The minimum atomic E-state index is -4.66. The van der Waals surface area contributed by atoms with E-state index in [0.717, 1.165) is 6.07 Å². The average molecular weight is 250 g/mol. The fraction of sp³-hybridized carbons (Fsp3) is 0.455. The number of rotatable bonds is 2. The van der Waals surface area contributed by atoms with Gasteiger partial charge in [0.1, 0.15) is 0 Å². The van der Waals surface area contributed by atoms with Crippen molar-refractivity contribution in [2.75, 3.05) is 6.61 Å². The molecule has 0 amide bonds. The zero-order valence-corrected chi connectivity index (χ0v) is 9.34. The maximum absolute atomic E-state index is 12.8. The first-order chi connectivity index (χ1) is 7.59. The number of phenolic OH excluding ortho intramolecular Hbond substituents is 2. The van der Waals surface area contributed by atoms with E-state index in [2.05, 4.69) is 0 Å². The summed E-state index contributed by atoms with van der Waals surface area (Å²) in [7, 11) is 0. The molecular formula is C11H13F3O3. The molecule has 0 atom stereocenters. The first kappa shape index (κ1) is 13.6. The van der Waals surface area contributed by atoms with Crippen LogP contribution in [0.5, 0.6) is 11.5 Å². The van der Waals surface area contributed by atoms with E-state index < -0.39 is 35.3 Å². The van der Waals surface area contributed by atoms with Crippen molar-refractivity contribution >= 4 is 0 Å². The fourth-order valence-electron chi connectivity index (χ4n) is 1.46. The Morgan fingerprint density at radius 3 is 1.76 bits per heavy atom. The number of aromatic hydroxyl groups is 2. The van der Waals surface area contributed by atoms with Crippen molar-refractivity contribution in [3.63, 3.8) is 0 Å². The van der Waals surface area contributed by atoms with Crippen LogP contribution in [-0.4, -0.2) is 21.9 Å². The molecule has 3 nitrogen and oxygen atoms in total. The van der Waals surface area contributed by atoms with Gasteiger partial charge < -0.3 is 15.3 Å². The summed E-state index contributed by atoms with van der Waals surface area (Å²) in [5, 5.41) is 27.5. The summed E-state index contributed by atoms with van der Waals surface area (Å²) in [5.74, 6) is -1.48. The van der Waals surface area contributed by atoms with Gasteiger partial charge in [0, 0.05) is 5.41 Å². The number of phenols is 2. The molecule has 1 aromatic carbocycles. The largest absolute Gasteiger partial charge is 0.504 e. The smallest absolute Gasteiger partial charge is 0.416 e. The monoisotopic (exact) mass is 250 g/mol. The number of hydrogen-bond donors (Lipinski definition) is 3. The van der Waals surface area contributed by atoms with Gasteiger partial charge in [-0.15, -0.1) is 0 Å². The number of benzene rings is 1. The van der Waals surface area contributed by atoms with Crippen LogP contribution in [-0.2, 0) is 11.6 Å². The van der Waals surface area contributed by atoms with Crippen LogP contribution in [0.15, 0.2) is 12.1 Å². The molecule has 1 aromatic rings. The SMILES string of the molecule is CC(C)(CO)c1cc(O)c(O)cc1C(F)(F)F. The molecule has 0 spiro atoms. The Hall–Kier alpha value is -1.43. The van der Waals surface area contributed by atoms with Gasteiger partial charge in [-0.2, -0.15) is 13.2 Å². The van der Waals surface area contributed by atoms with Gasteiger partial charge in [-0.1, -0.05) is 13.8 Å². The third-order valence-electron chi connectivity index (χ3n) is 2.54. The van der Waals surface area contributed by atoms with Gasteiger partial charge in [0.25, 0.3) is 0 Å². The Kier molecular flexibility index (Phi) is 3.29. The topological polar surface area (TPSA) is 60.7 Å². The normalized spacial score (nSPS) is 12.8. The highest BCUT2D eigenvalue weighted by Gasteiger charge is 2.38. The molecule has 0 aliphatic rings. The lowest BCUT2D eigenvalue weighted by Gasteiger charge is -2.26. The molecule has 0 radical (unpaired) electrons. The molecule has 96 valence electrons. The number of hydrogen-bond acceptors (Lipinski definition) is 3. The highest BCUT2D eigenvalue weighted by Crippen LogP contribution is 2.42. The van der Waals surface area contributed by atoms with Gasteiger partial charge in [-0.05, 0) is 17.7 Å². The van der Waals surface area contributed by atoms with Crippen LogP contribution in [0.4, 0.5) is 13.2 Å². The van der Waals surface area contributed by atoms with Crippen LogP contribution in [0.25, 0.3) is 0 Å². The van der Waals surface area contributed by atoms with Crippen molar-refractivity contribution in [2.45, 2.75) is 25.4 Å². The molecule has 17 heavy (non-hydrogen) atoms. The third-order valence-corrected chi connectivity index (χ3v) is 2.54. The van der Waals surface area contributed by atoms with Crippen molar-refractivity contribution in [1.82, 2.24) is 0 Å². The molecule has 0 aromatic heterocycles. The van der Waals surface area contributed by atoms with E-state index >= 15 is 0 Å². The van der Waals surface area contributed by atoms with E-state index in [9.17, 15) is 18.3 Å². The molecule has 0 saturated carbocycles. The van der Waals surface area contributed by atoms with Gasteiger partial charge in [-0.3, -0.25) is 0 Å². The highest BCUT2D eigenvalue weighted by atomic mass is 19.4. The summed E-state index contributed by atoms with van der Waals surface area (Å²) in [4.78, 5) is 0. The van der Waals surface area contributed by atoms with Crippen molar-refractivity contribution in [3.05, 3.63) is 23.3 Å². The molecule has 3 N–H and O–H groups in total. The second-order valence-electron chi connectivity index (χ2n) is 4.43. The van der Waals surface area contributed by atoms with E-state index in [1.165, 1.54) is 13.8 Å². The van der Waals surface area contributed by atoms with Gasteiger partial charge in [-0.25, -0.2) is 0 Å². The summed E-state index contributed by atoms with van der Waals surface area (Å²) in [6.45, 7) is 2.31. The standard InChI is InChI=1S/C11H13F3O3/c1-10(2,5-15)6-3-8(16)9(17)4-7(6)11(12,13)14/h3-4,15-17H,5H2,1-2H3. The lowest BCUT2D eigenvalue weighted by Crippen LogP contribution is -2.26. The summed E-state index contributed by atoms with van der Waals surface area (Å²) in [6.07, 6.45) is -4.66. The van der Waals surface area contributed by atoms with Gasteiger partial charge in [0.05, 0.1) is 12.2 Å². The molecule has 0 unspecified atom stereocenters. The molecule has 0 heterocycles. The Morgan fingerprint density at radius 2 is 1.41 bits per heavy atom. The zero-order valence-electron chi connectivity index (χ0n) is 9.34. The molecule has 1 rings (SSSR count). The van der Waals surface area contributed by atoms with Gasteiger partial charge in [0.2, 0.25) is 0 Å².